The van der Waals surface area contributed by atoms with Crippen molar-refractivity contribution in [1.82, 2.24) is 0 Å². The smallest absolute Gasteiger partial charge is 0.158 e. The van der Waals surface area contributed by atoms with E-state index in [1.807, 2.05) is 0 Å². The average Bonchev–Trinajstić information content (AvgIpc) is 2.10. The molecule has 1 unspecified atom stereocenters. The number of nitrogens with two attached hydrogens (primary N) is 1. The summed E-state index contributed by atoms with van der Waals surface area (Å²) in [6, 6.07) is 2.35. The molecule has 0 heterocycles. The Hall–Kier alpha value is -0.970. The number of halogens is 1. The molecule has 0 saturated heterocycles. The molecule has 0 aliphatic rings. The van der Waals surface area contributed by atoms with Gasteiger partial charge < -0.3 is 21.1 Å². The van der Waals surface area contributed by atoms with Gasteiger partial charge in [0.25, 0.3) is 0 Å². The van der Waals surface area contributed by atoms with Crippen LogP contribution in [0.15, 0.2) is 12.1 Å². The Morgan fingerprint density at radius 1 is 1.31 bits per heavy atom. The van der Waals surface area contributed by atoms with E-state index in [9.17, 15) is 5.11 Å². The summed E-state index contributed by atoms with van der Waals surface area (Å²) in [5.41, 5.74) is 5.51. The van der Waals surface area contributed by atoms with Crippen molar-refractivity contribution in [2.24, 2.45) is 5.73 Å². The van der Waals surface area contributed by atoms with Crippen LogP contribution < -0.4 is 5.73 Å². The van der Waals surface area contributed by atoms with Gasteiger partial charge in [0.2, 0.25) is 0 Å². The summed E-state index contributed by atoms with van der Waals surface area (Å²) < 4.78 is 0. The molecule has 5 N–H and O–H groups in total. The quantitative estimate of drug-likeness (QED) is 0.534. The lowest BCUT2D eigenvalue weighted by molar-refractivity contribution is 0.186. The molecule has 0 bridgehead atoms. The number of phenolic OH excluding ortho intramolecular Hbond substituents is 2. The zero-order valence-corrected chi connectivity index (χ0v) is 7.49. The molecule has 0 amide bonds. The van der Waals surface area contributed by atoms with Crippen molar-refractivity contribution in [2.45, 2.75) is 6.10 Å². The van der Waals surface area contributed by atoms with Crippen LogP contribution in [0.5, 0.6) is 11.5 Å². The van der Waals surface area contributed by atoms with E-state index in [1.54, 1.807) is 0 Å². The Labute approximate surface area is 80.2 Å². The monoisotopic (exact) mass is 203 g/mol. The molecule has 0 saturated carbocycles. The maximum atomic E-state index is 9.32. The van der Waals surface area contributed by atoms with Gasteiger partial charge in [-0.15, -0.1) is 0 Å². The summed E-state index contributed by atoms with van der Waals surface area (Å²) in [6.07, 6.45) is -0.931. The highest BCUT2D eigenvalue weighted by Gasteiger charge is 2.13. The number of benzene rings is 1. The molecule has 1 aromatic carbocycles. The molecule has 0 fully saturated rings. The Balaban J connectivity index is 3.15. The van der Waals surface area contributed by atoms with Gasteiger partial charge in [-0.25, -0.2) is 0 Å². The van der Waals surface area contributed by atoms with Crippen molar-refractivity contribution in [3.05, 3.63) is 22.7 Å². The van der Waals surface area contributed by atoms with Gasteiger partial charge in [-0.05, 0) is 6.07 Å². The van der Waals surface area contributed by atoms with Gasteiger partial charge in [-0.3, -0.25) is 0 Å². The van der Waals surface area contributed by atoms with Crippen molar-refractivity contribution in [3.63, 3.8) is 0 Å². The molecule has 0 spiro atoms. The second-order valence-corrected chi connectivity index (χ2v) is 3.02. The molecular formula is C8H10ClNO3. The van der Waals surface area contributed by atoms with E-state index >= 15 is 0 Å². The molecule has 0 aliphatic heterocycles. The minimum atomic E-state index is -0.931. The van der Waals surface area contributed by atoms with Gasteiger partial charge in [-0.1, -0.05) is 11.6 Å². The van der Waals surface area contributed by atoms with E-state index in [-0.39, 0.29) is 23.1 Å². The molecular weight excluding hydrogens is 194 g/mol. The highest BCUT2D eigenvalue weighted by Crippen LogP contribution is 2.33. The Kier molecular flexibility index (Phi) is 2.98. The minimum Gasteiger partial charge on any atom is -0.504 e. The first-order valence-corrected chi connectivity index (χ1v) is 4.03. The third-order valence-corrected chi connectivity index (χ3v) is 2.00. The minimum absolute atomic E-state index is 0.00390. The predicted octanol–water partition coefficient (Wildman–Crippen LogP) is 0.743. The summed E-state index contributed by atoms with van der Waals surface area (Å²) in [5, 5.41) is 27.6. The third-order valence-electron chi connectivity index (χ3n) is 1.68. The largest absolute Gasteiger partial charge is 0.504 e. The highest BCUT2D eigenvalue weighted by molar-refractivity contribution is 6.31. The molecule has 1 aromatic rings. The fraction of sp³-hybridized carbons (Fsp3) is 0.250. The summed E-state index contributed by atoms with van der Waals surface area (Å²) in [6.45, 7) is 0.00390. The summed E-state index contributed by atoms with van der Waals surface area (Å²) in [5.74, 6) is -0.648. The average molecular weight is 204 g/mol. The number of aliphatic hydroxyl groups is 1. The number of phenols is 2. The molecule has 1 atom stereocenters. The number of hydrogen-bond donors (Lipinski definition) is 4. The van der Waals surface area contributed by atoms with Gasteiger partial charge >= 0.3 is 0 Å². The van der Waals surface area contributed by atoms with E-state index in [2.05, 4.69) is 0 Å². The van der Waals surface area contributed by atoms with Crippen LogP contribution in [0, 0.1) is 0 Å². The van der Waals surface area contributed by atoms with Gasteiger partial charge in [0.05, 0.1) is 11.1 Å². The van der Waals surface area contributed by atoms with E-state index in [1.165, 1.54) is 6.07 Å². The van der Waals surface area contributed by atoms with E-state index < -0.39 is 6.10 Å². The lowest BCUT2D eigenvalue weighted by Crippen LogP contribution is -2.11. The van der Waals surface area contributed by atoms with Gasteiger partial charge in [0.15, 0.2) is 11.5 Å². The fourth-order valence-corrected chi connectivity index (χ4v) is 1.23. The van der Waals surface area contributed by atoms with Crippen LogP contribution in [0.2, 0.25) is 5.02 Å². The Bertz CT molecular complexity index is 317. The fourth-order valence-electron chi connectivity index (χ4n) is 0.950. The molecule has 13 heavy (non-hydrogen) atoms. The van der Waals surface area contributed by atoms with Crippen LogP contribution >= 0.6 is 11.6 Å². The second kappa shape index (κ2) is 3.83. The van der Waals surface area contributed by atoms with Crippen molar-refractivity contribution in [3.8, 4) is 11.5 Å². The number of aliphatic hydroxyl groups excluding tert-OH is 1. The Morgan fingerprint density at radius 3 is 2.38 bits per heavy atom. The number of hydrogen-bond acceptors (Lipinski definition) is 4. The summed E-state index contributed by atoms with van der Waals surface area (Å²) in [7, 11) is 0. The summed E-state index contributed by atoms with van der Waals surface area (Å²) >= 11 is 5.69. The summed E-state index contributed by atoms with van der Waals surface area (Å²) in [4.78, 5) is 0. The first-order valence-electron chi connectivity index (χ1n) is 3.65. The van der Waals surface area contributed by atoms with Crippen LogP contribution in [0.1, 0.15) is 11.7 Å². The predicted molar refractivity (Wildman–Crippen MR) is 48.8 cm³/mol. The first-order chi connectivity index (χ1) is 6.06. The molecule has 0 aromatic heterocycles. The van der Waals surface area contributed by atoms with Crippen molar-refractivity contribution < 1.29 is 15.3 Å². The molecule has 72 valence electrons. The Morgan fingerprint density at radius 2 is 1.85 bits per heavy atom. The SMILES string of the molecule is NCC(O)c1cc(O)c(O)cc1Cl. The van der Waals surface area contributed by atoms with Crippen LogP contribution in [-0.4, -0.2) is 21.9 Å². The van der Waals surface area contributed by atoms with Crippen molar-refractivity contribution >= 4 is 11.6 Å². The van der Waals surface area contributed by atoms with E-state index in [0.717, 1.165) is 6.07 Å². The van der Waals surface area contributed by atoms with Gasteiger partial charge in [0, 0.05) is 18.2 Å². The molecule has 0 radical (unpaired) electrons. The van der Waals surface area contributed by atoms with Crippen LogP contribution in [0.3, 0.4) is 0 Å². The third kappa shape index (κ3) is 2.03. The molecule has 1 rings (SSSR count). The maximum Gasteiger partial charge on any atom is 0.158 e. The topological polar surface area (TPSA) is 86.7 Å². The maximum absolute atomic E-state index is 9.32. The standard InChI is InChI=1S/C8H10ClNO3/c9-5-2-7(12)6(11)1-4(5)8(13)3-10/h1-2,8,11-13H,3,10H2. The van der Waals surface area contributed by atoms with Crippen LogP contribution in [0.4, 0.5) is 0 Å². The lowest BCUT2D eigenvalue weighted by atomic mass is 10.1. The van der Waals surface area contributed by atoms with Gasteiger partial charge in [0.1, 0.15) is 0 Å². The lowest BCUT2D eigenvalue weighted by Gasteiger charge is -2.11. The molecule has 0 aliphatic carbocycles. The molecule has 5 heteroatoms. The molecule has 4 nitrogen and oxygen atoms in total. The van der Waals surface area contributed by atoms with Crippen molar-refractivity contribution in [1.29, 1.82) is 0 Å². The van der Waals surface area contributed by atoms with Gasteiger partial charge in [-0.2, -0.15) is 0 Å². The highest BCUT2D eigenvalue weighted by atomic mass is 35.5. The van der Waals surface area contributed by atoms with Crippen LogP contribution in [-0.2, 0) is 0 Å². The normalized spacial score (nSPS) is 12.8. The number of aromatic hydroxyl groups is 2. The zero-order chi connectivity index (χ0) is 10.0. The van der Waals surface area contributed by atoms with Crippen molar-refractivity contribution in [2.75, 3.05) is 6.54 Å². The zero-order valence-electron chi connectivity index (χ0n) is 6.74. The first kappa shape index (κ1) is 10.1. The van der Waals surface area contributed by atoms with E-state index in [0.29, 0.717) is 5.56 Å². The second-order valence-electron chi connectivity index (χ2n) is 2.61. The number of rotatable bonds is 2. The van der Waals surface area contributed by atoms with E-state index in [4.69, 9.17) is 27.5 Å². The van der Waals surface area contributed by atoms with Crippen LogP contribution in [0.25, 0.3) is 0 Å².